The monoisotopic (exact) mass is 256 g/mol. The lowest BCUT2D eigenvalue weighted by atomic mass is 10.3. The Morgan fingerprint density at radius 2 is 2.25 bits per heavy atom. The number of rotatable bonds is 3. The van der Waals surface area contributed by atoms with Crippen LogP contribution < -0.4 is 5.73 Å². The first-order valence-electron chi connectivity index (χ1n) is 4.48. The quantitative estimate of drug-likeness (QED) is 0.856. The second kappa shape index (κ2) is 4.71. The fourth-order valence-electron chi connectivity index (χ4n) is 1.24. The van der Waals surface area contributed by atoms with E-state index in [1.54, 1.807) is 6.20 Å². The molecule has 0 saturated carbocycles. The van der Waals surface area contributed by atoms with Gasteiger partial charge < -0.3 is 5.73 Å². The SMILES string of the molecule is Nc1cc(F)cc(S(=O)Cc2nccs2)c1. The van der Waals surface area contributed by atoms with Crippen LogP contribution in [-0.2, 0) is 16.6 Å². The van der Waals surface area contributed by atoms with Crippen molar-refractivity contribution in [1.29, 1.82) is 0 Å². The van der Waals surface area contributed by atoms with E-state index in [2.05, 4.69) is 4.98 Å². The molecular weight excluding hydrogens is 247 g/mol. The molecule has 0 fully saturated rings. The third-order valence-electron chi connectivity index (χ3n) is 1.89. The lowest BCUT2D eigenvalue weighted by molar-refractivity contribution is 0.623. The van der Waals surface area contributed by atoms with E-state index < -0.39 is 16.6 Å². The van der Waals surface area contributed by atoms with E-state index in [4.69, 9.17) is 5.73 Å². The molecule has 0 radical (unpaired) electrons. The highest BCUT2D eigenvalue weighted by atomic mass is 32.2. The number of hydrogen-bond acceptors (Lipinski definition) is 4. The highest BCUT2D eigenvalue weighted by Crippen LogP contribution is 2.18. The molecule has 1 unspecified atom stereocenters. The second-order valence-corrected chi connectivity index (χ2v) is 5.57. The van der Waals surface area contributed by atoms with Gasteiger partial charge in [-0.3, -0.25) is 4.21 Å². The Morgan fingerprint density at radius 3 is 2.88 bits per heavy atom. The first kappa shape index (κ1) is 11.2. The maximum Gasteiger partial charge on any atom is 0.126 e. The molecule has 0 aliphatic rings. The molecule has 2 N–H and O–H groups in total. The first-order chi connectivity index (χ1) is 7.65. The number of nitrogens with two attached hydrogens (primary N) is 1. The van der Waals surface area contributed by atoms with Crippen LogP contribution in [0.4, 0.5) is 10.1 Å². The molecule has 2 rings (SSSR count). The zero-order valence-corrected chi connectivity index (χ0v) is 9.85. The molecule has 0 spiro atoms. The van der Waals surface area contributed by atoms with Gasteiger partial charge in [0.05, 0.1) is 16.6 Å². The number of aromatic nitrogens is 1. The molecule has 16 heavy (non-hydrogen) atoms. The number of hydrogen-bond donors (Lipinski definition) is 1. The van der Waals surface area contributed by atoms with Crippen LogP contribution in [0.5, 0.6) is 0 Å². The summed E-state index contributed by atoms with van der Waals surface area (Å²) < 4.78 is 24.9. The van der Waals surface area contributed by atoms with Gasteiger partial charge in [0.25, 0.3) is 0 Å². The molecular formula is C10H9FN2OS2. The van der Waals surface area contributed by atoms with E-state index in [9.17, 15) is 8.60 Å². The zero-order valence-electron chi connectivity index (χ0n) is 8.22. The Balaban J connectivity index is 2.21. The number of nitrogens with zero attached hydrogens (tertiary/aromatic N) is 1. The van der Waals surface area contributed by atoms with Gasteiger partial charge in [0.1, 0.15) is 10.8 Å². The van der Waals surface area contributed by atoms with Gasteiger partial charge in [-0.05, 0) is 18.2 Å². The van der Waals surface area contributed by atoms with Gasteiger partial charge in [0.15, 0.2) is 0 Å². The average Bonchev–Trinajstić information content (AvgIpc) is 2.68. The zero-order chi connectivity index (χ0) is 11.5. The van der Waals surface area contributed by atoms with Crippen molar-refractivity contribution in [3.8, 4) is 0 Å². The van der Waals surface area contributed by atoms with E-state index >= 15 is 0 Å². The fraction of sp³-hybridized carbons (Fsp3) is 0.100. The minimum Gasteiger partial charge on any atom is -0.399 e. The Hall–Kier alpha value is -1.27. The number of anilines is 1. The highest BCUT2D eigenvalue weighted by Gasteiger charge is 2.09. The van der Waals surface area contributed by atoms with Crippen LogP contribution in [0.15, 0.2) is 34.7 Å². The van der Waals surface area contributed by atoms with Gasteiger partial charge in [-0.25, -0.2) is 9.37 Å². The van der Waals surface area contributed by atoms with Gasteiger partial charge in [-0.15, -0.1) is 11.3 Å². The summed E-state index contributed by atoms with van der Waals surface area (Å²) in [6.45, 7) is 0. The molecule has 0 amide bonds. The lowest BCUT2D eigenvalue weighted by Gasteiger charge is -2.02. The summed E-state index contributed by atoms with van der Waals surface area (Å²) in [6, 6.07) is 3.96. The van der Waals surface area contributed by atoms with Crippen molar-refractivity contribution in [3.05, 3.63) is 40.6 Å². The molecule has 0 aliphatic heterocycles. The van der Waals surface area contributed by atoms with Crippen molar-refractivity contribution in [2.45, 2.75) is 10.6 Å². The summed E-state index contributed by atoms with van der Waals surface area (Å²) in [5.41, 5.74) is 5.76. The van der Waals surface area contributed by atoms with Crippen molar-refractivity contribution >= 4 is 27.8 Å². The lowest BCUT2D eigenvalue weighted by Crippen LogP contribution is -1.98. The summed E-state index contributed by atoms with van der Waals surface area (Å²) >= 11 is 1.43. The molecule has 1 aromatic heterocycles. The Morgan fingerprint density at radius 1 is 1.44 bits per heavy atom. The predicted octanol–water partition coefficient (Wildman–Crippen LogP) is 2.17. The summed E-state index contributed by atoms with van der Waals surface area (Å²) in [5, 5.41) is 2.58. The molecule has 0 saturated heterocycles. The minimum atomic E-state index is -1.31. The largest absolute Gasteiger partial charge is 0.399 e. The molecule has 2 aromatic rings. The Kier molecular flexibility index (Phi) is 3.31. The van der Waals surface area contributed by atoms with Crippen molar-refractivity contribution in [1.82, 2.24) is 4.98 Å². The summed E-state index contributed by atoms with van der Waals surface area (Å²) in [7, 11) is -1.31. The molecule has 84 valence electrons. The van der Waals surface area contributed by atoms with Crippen LogP contribution in [0.25, 0.3) is 0 Å². The van der Waals surface area contributed by atoms with Gasteiger partial charge >= 0.3 is 0 Å². The Labute approximate surface area is 98.6 Å². The third kappa shape index (κ3) is 2.65. The topological polar surface area (TPSA) is 56.0 Å². The standard InChI is InChI=1S/C10H9FN2OS2/c11-7-3-8(12)5-9(4-7)16(14)6-10-13-1-2-15-10/h1-5H,6,12H2. The Bertz CT molecular complexity index is 493. The summed E-state index contributed by atoms with van der Waals surface area (Å²) in [5.74, 6) is -0.178. The molecule has 3 nitrogen and oxygen atoms in total. The third-order valence-corrected chi connectivity index (χ3v) is 4.15. The van der Waals surface area contributed by atoms with Gasteiger partial charge in [-0.1, -0.05) is 0 Å². The maximum atomic E-state index is 13.0. The summed E-state index contributed by atoms with van der Waals surface area (Å²) in [6.07, 6.45) is 1.65. The van der Waals surface area contributed by atoms with Crippen molar-refractivity contribution in [2.75, 3.05) is 5.73 Å². The molecule has 6 heteroatoms. The normalized spacial score (nSPS) is 12.6. The van der Waals surface area contributed by atoms with Crippen LogP contribution in [0, 0.1) is 5.82 Å². The molecule has 1 aromatic carbocycles. The maximum absolute atomic E-state index is 13.0. The number of nitrogen functional groups attached to an aromatic ring is 1. The minimum absolute atomic E-state index is 0.280. The van der Waals surface area contributed by atoms with E-state index in [-0.39, 0.29) is 5.69 Å². The van der Waals surface area contributed by atoms with Crippen molar-refractivity contribution in [3.63, 3.8) is 0 Å². The van der Waals surface area contributed by atoms with E-state index in [0.717, 1.165) is 5.01 Å². The predicted molar refractivity (Wildman–Crippen MR) is 63.0 cm³/mol. The van der Waals surface area contributed by atoms with Crippen LogP contribution in [0.2, 0.25) is 0 Å². The van der Waals surface area contributed by atoms with Crippen LogP contribution in [0.3, 0.4) is 0 Å². The average molecular weight is 256 g/mol. The molecule has 1 heterocycles. The van der Waals surface area contributed by atoms with Gasteiger partial charge in [0.2, 0.25) is 0 Å². The first-order valence-corrected chi connectivity index (χ1v) is 6.68. The van der Waals surface area contributed by atoms with E-state index in [0.29, 0.717) is 10.6 Å². The highest BCUT2D eigenvalue weighted by molar-refractivity contribution is 7.84. The number of thiazole rings is 1. The van der Waals surface area contributed by atoms with Gasteiger partial charge in [0, 0.05) is 22.2 Å². The second-order valence-electron chi connectivity index (χ2n) is 3.14. The number of halogens is 1. The van der Waals surface area contributed by atoms with Crippen molar-refractivity contribution < 1.29 is 8.60 Å². The smallest absolute Gasteiger partial charge is 0.126 e. The number of benzene rings is 1. The summed E-state index contributed by atoms with van der Waals surface area (Å²) in [4.78, 5) is 4.42. The molecule has 0 aliphatic carbocycles. The van der Waals surface area contributed by atoms with Crippen LogP contribution in [-0.4, -0.2) is 9.19 Å². The van der Waals surface area contributed by atoms with E-state index in [1.807, 2.05) is 5.38 Å². The van der Waals surface area contributed by atoms with Crippen LogP contribution in [0.1, 0.15) is 5.01 Å². The van der Waals surface area contributed by atoms with Gasteiger partial charge in [-0.2, -0.15) is 0 Å². The fourth-order valence-corrected chi connectivity index (χ4v) is 3.21. The van der Waals surface area contributed by atoms with E-state index in [1.165, 1.54) is 29.5 Å². The van der Waals surface area contributed by atoms with Crippen LogP contribution >= 0.6 is 11.3 Å². The molecule has 0 bridgehead atoms. The van der Waals surface area contributed by atoms with Crippen molar-refractivity contribution in [2.24, 2.45) is 0 Å². The molecule has 1 atom stereocenters.